The lowest BCUT2D eigenvalue weighted by atomic mass is 10.5. The number of ether oxygens (including phenoxy) is 2. The Labute approximate surface area is 74.4 Å². The summed E-state index contributed by atoms with van der Waals surface area (Å²) in [6, 6.07) is 0. The monoisotopic (exact) mass is 225 g/mol. The zero-order valence-electron chi connectivity index (χ0n) is 6.59. The van der Waals surface area contributed by atoms with Crippen LogP contribution < -0.4 is 5.32 Å². The second kappa shape index (κ2) is 6.57. The topological polar surface area (TPSA) is 47.6 Å². The Balaban J connectivity index is 3.42. The number of rotatable bonds is 5. The van der Waals surface area contributed by atoms with E-state index in [2.05, 4.69) is 21.2 Å². The summed E-state index contributed by atoms with van der Waals surface area (Å²) < 4.78 is 9.68. The van der Waals surface area contributed by atoms with Crippen molar-refractivity contribution in [3.63, 3.8) is 0 Å². The van der Waals surface area contributed by atoms with Crippen molar-refractivity contribution in [3.05, 3.63) is 0 Å². The van der Waals surface area contributed by atoms with E-state index in [1.165, 1.54) is 14.2 Å². The molecule has 0 spiro atoms. The first-order valence-electron chi connectivity index (χ1n) is 3.12. The number of carbonyl (C=O) groups excluding carboxylic acids is 1. The van der Waals surface area contributed by atoms with Crippen molar-refractivity contribution >= 4 is 21.8 Å². The van der Waals surface area contributed by atoms with Gasteiger partial charge in [0.1, 0.15) is 0 Å². The van der Waals surface area contributed by atoms with Crippen LogP contribution in [-0.2, 0) is 14.3 Å². The van der Waals surface area contributed by atoms with Gasteiger partial charge in [-0.1, -0.05) is 15.9 Å². The van der Waals surface area contributed by atoms with Crippen LogP contribution in [0.25, 0.3) is 0 Å². The summed E-state index contributed by atoms with van der Waals surface area (Å²) in [6.07, 6.45) is -0.363. The van der Waals surface area contributed by atoms with Crippen LogP contribution in [0.15, 0.2) is 0 Å². The highest BCUT2D eigenvalue weighted by Crippen LogP contribution is 1.87. The minimum absolute atomic E-state index is 0.0795. The predicted octanol–water partition coefficient (Wildman–Crippen LogP) is 0.116. The standard InChI is InChI=1S/C6H12BrNO3/c1-10-6(11-2)4-8-5(9)3-7/h6H,3-4H2,1-2H3,(H,8,9). The Morgan fingerprint density at radius 3 is 2.45 bits per heavy atom. The summed E-state index contributed by atoms with van der Waals surface area (Å²) in [5, 5.41) is 2.90. The molecule has 0 unspecified atom stereocenters. The van der Waals surface area contributed by atoms with Gasteiger partial charge in [-0.05, 0) is 0 Å². The van der Waals surface area contributed by atoms with Gasteiger partial charge < -0.3 is 14.8 Å². The van der Waals surface area contributed by atoms with Crippen LogP contribution in [0.4, 0.5) is 0 Å². The lowest BCUT2D eigenvalue weighted by molar-refractivity contribution is -0.125. The van der Waals surface area contributed by atoms with Crippen molar-refractivity contribution in [3.8, 4) is 0 Å². The summed E-state index contributed by atoms with van der Waals surface area (Å²) in [7, 11) is 3.04. The maximum Gasteiger partial charge on any atom is 0.230 e. The normalized spacial score (nSPS) is 10.2. The Morgan fingerprint density at radius 2 is 2.09 bits per heavy atom. The quantitative estimate of drug-likeness (QED) is 0.534. The molecule has 11 heavy (non-hydrogen) atoms. The molecule has 0 saturated carbocycles. The molecular weight excluding hydrogens is 214 g/mol. The van der Waals surface area contributed by atoms with Crippen LogP contribution in [0.1, 0.15) is 0 Å². The second-order valence-electron chi connectivity index (χ2n) is 1.84. The largest absolute Gasteiger partial charge is 0.354 e. The van der Waals surface area contributed by atoms with Crippen LogP contribution in [0.2, 0.25) is 0 Å². The van der Waals surface area contributed by atoms with Crippen molar-refractivity contribution in [2.75, 3.05) is 26.1 Å². The third-order valence-corrected chi connectivity index (χ3v) is 1.62. The molecule has 0 aliphatic carbocycles. The molecule has 0 radical (unpaired) electrons. The van der Waals surface area contributed by atoms with Gasteiger partial charge in [-0.15, -0.1) is 0 Å². The van der Waals surface area contributed by atoms with Gasteiger partial charge in [-0.3, -0.25) is 4.79 Å². The molecule has 0 aromatic heterocycles. The number of hydrogen-bond acceptors (Lipinski definition) is 3. The average Bonchev–Trinajstić information content (AvgIpc) is 2.06. The number of amides is 1. The highest BCUT2D eigenvalue weighted by Gasteiger charge is 2.05. The number of hydrogen-bond donors (Lipinski definition) is 1. The Hall–Kier alpha value is -0.130. The van der Waals surface area contributed by atoms with E-state index in [4.69, 9.17) is 9.47 Å². The summed E-state index contributed by atoms with van der Waals surface area (Å²) in [6.45, 7) is 0.372. The average molecular weight is 226 g/mol. The third-order valence-electron chi connectivity index (χ3n) is 1.11. The first-order valence-corrected chi connectivity index (χ1v) is 4.25. The molecule has 1 amide bonds. The van der Waals surface area contributed by atoms with E-state index >= 15 is 0 Å². The molecule has 0 rings (SSSR count). The highest BCUT2D eigenvalue weighted by molar-refractivity contribution is 9.09. The van der Waals surface area contributed by atoms with E-state index in [0.29, 0.717) is 11.9 Å². The third kappa shape index (κ3) is 5.17. The van der Waals surface area contributed by atoms with Crippen molar-refractivity contribution < 1.29 is 14.3 Å². The minimum atomic E-state index is -0.363. The molecule has 0 aliphatic heterocycles. The fourth-order valence-corrected chi connectivity index (χ4v) is 0.706. The van der Waals surface area contributed by atoms with Gasteiger partial charge in [0.15, 0.2) is 6.29 Å². The van der Waals surface area contributed by atoms with Gasteiger partial charge in [0.05, 0.1) is 11.9 Å². The van der Waals surface area contributed by atoms with Crippen molar-refractivity contribution in [1.29, 1.82) is 0 Å². The lowest BCUT2D eigenvalue weighted by Gasteiger charge is -2.12. The molecule has 5 heteroatoms. The maximum atomic E-state index is 10.7. The summed E-state index contributed by atoms with van der Waals surface area (Å²) >= 11 is 3.02. The van der Waals surface area contributed by atoms with E-state index in [0.717, 1.165) is 0 Å². The van der Waals surface area contributed by atoms with Gasteiger partial charge >= 0.3 is 0 Å². The number of carbonyl (C=O) groups is 1. The summed E-state index contributed by atoms with van der Waals surface area (Å²) in [4.78, 5) is 10.7. The van der Waals surface area contributed by atoms with Crippen LogP contribution >= 0.6 is 15.9 Å². The van der Waals surface area contributed by atoms with E-state index < -0.39 is 0 Å². The zero-order chi connectivity index (χ0) is 8.69. The first-order chi connectivity index (χ1) is 5.24. The Bertz CT molecular complexity index is 116. The fraction of sp³-hybridized carbons (Fsp3) is 0.833. The highest BCUT2D eigenvalue weighted by atomic mass is 79.9. The molecule has 0 fully saturated rings. The van der Waals surface area contributed by atoms with E-state index in [1.807, 2.05) is 0 Å². The minimum Gasteiger partial charge on any atom is -0.354 e. The molecule has 0 saturated heterocycles. The molecule has 4 nitrogen and oxygen atoms in total. The van der Waals surface area contributed by atoms with Gasteiger partial charge in [0, 0.05) is 14.2 Å². The summed E-state index contributed by atoms with van der Waals surface area (Å²) in [5.41, 5.74) is 0. The molecule has 0 atom stereocenters. The van der Waals surface area contributed by atoms with E-state index in [9.17, 15) is 4.79 Å². The molecule has 0 aromatic rings. The van der Waals surface area contributed by atoms with Crippen LogP contribution in [0.3, 0.4) is 0 Å². The molecule has 1 N–H and O–H groups in total. The fourth-order valence-electron chi connectivity index (χ4n) is 0.507. The van der Waals surface area contributed by atoms with Crippen LogP contribution in [-0.4, -0.2) is 38.3 Å². The van der Waals surface area contributed by atoms with Crippen molar-refractivity contribution in [2.45, 2.75) is 6.29 Å². The van der Waals surface area contributed by atoms with Crippen molar-refractivity contribution in [2.24, 2.45) is 0 Å². The second-order valence-corrected chi connectivity index (χ2v) is 2.40. The van der Waals surface area contributed by atoms with E-state index in [1.54, 1.807) is 0 Å². The van der Waals surface area contributed by atoms with Gasteiger partial charge in [-0.2, -0.15) is 0 Å². The first kappa shape index (κ1) is 10.9. The molecule has 0 aromatic carbocycles. The number of halogens is 1. The number of nitrogens with one attached hydrogen (secondary N) is 1. The van der Waals surface area contributed by atoms with Gasteiger partial charge in [0.25, 0.3) is 0 Å². The number of alkyl halides is 1. The molecule has 0 bridgehead atoms. The SMILES string of the molecule is COC(CNC(=O)CBr)OC. The lowest BCUT2D eigenvalue weighted by Crippen LogP contribution is -2.34. The Kier molecular flexibility index (Phi) is 6.49. The smallest absolute Gasteiger partial charge is 0.230 e. The molecule has 0 aliphatic rings. The number of methoxy groups -OCH3 is 2. The van der Waals surface area contributed by atoms with Gasteiger partial charge in [-0.25, -0.2) is 0 Å². The van der Waals surface area contributed by atoms with Gasteiger partial charge in [0.2, 0.25) is 5.91 Å². The molecular formula is C6H12BrNO3. The van der Waals surface area contributed by atoms with Crippen LogP contribution in [0, 0.1) is 0 Å². The molecule has 0 heterocycles. The maximum absolute atomic E-state index is 10.7. The Morgan fingerprint density at radius 1 is 1.55 bits per heavy atom. The van der Waals surface area contributed by atoms with Crippen LogP contribution in [0.5, 0.6) is 0 Å². The molecule has 66 valence electrons. The van der Waals surface area contributed by atoms with Crippen molar-refractivity contribution in [1.82, 2.24) is 5.32 Å². The van der Waals surface area contributed by atoms with E-state index in [-0.39, 0.29) is 12.2 Å². The zero-order valence-corrected chi connectivity index (χ0v) is 8.18. The summed E-state index contributed by atoms with van der Waals surface area (Å²) in [5.74, 6) is -0.0795. The predicted molar refractivity (Wildman–Crippen MR) is 44.6 cm³/mol.